The van der Waals surface area contributed by atoms with Crippen LogP contribution in [0.15, 0.2) is 59.2 Å². The van der Waals surface area contributed by atoms with Crippen LogP contribution >= 0.6 is 0 Å². The minimum absolute atomic E-state index is 0.0828. The smallest absolute Gasteiger partial charge is 0.416 e. The molecule has 13 heteroatoms. The number of anilines is 1. The van der Waals surface area contributed by atoms with Gasteiger partial charge < -0.3 is 20.1 Å². The van der Waals surface area contributed by atoms with Gasteiger partial charge in [0, 0.05) is 13.0 Å². The van der Waals surface area contributed by atoms with Gasteiger partial charge in [-0.3, -0.25) is 9.59 Å². The predicted octanol–water partition coefficient (Wildman–Crippen LogP) is 6.52. The van der Waals surface area contributed by atoms with Gasteiger partial charge in [-0.25, -0.2) is 4.90 Å². The number of nitrogens with zero attached hydrogens (tertiary/aromatic N) is 1. The van der Waals surface area contributed by atoms with E-state index in [0.29, 0.717) is 35.4 Å². The molecule has 1 fully saturated rings. The second kappa shape index (κ2) is 14.0. The van der Waals surface area contributed by atoms with Gasteiger partial charge in [-0.2, -0.15) is 26.3 Å². The number of halogens is 6. The van der Waals surface area contributed by atoms with Crippen LogP contribution in [0.1, 0.15) is 55.7 Å². The molecule has 0 saturated carbocycles. The van der Waals surface area contributed by atoms with Gasteiger partial charge in [-0.15, -0.1) is 0 Å². The predicted molar refractivity (Wildman–Crippen MR) is 156 cm³/mol. The molecule has 2 amide bonds. The van der Waals surface area contributed by atoms with Crippen LogP contribution in [0.5, 0.6) is 5.75 Å². The highest BCUT2D eigenvalue weighted by Gasteiger charge is 2.55. The minimum Gasteiger partial charge on any atom is -0.508 e. The number of carbonyl (C=O) groups excluding carboxylic acids is 2. The lowest BCUT2D eigenvalue weighted by atomic mass is 9.68. The number of phenols is 1. The number of phenolic OH excluding ortho intramolecular Hbond substituents is 1. The van der Waals surface area contributed by atoms with Crippen molar-refractivity contribution >= 4 is 23.6 Å². The van der Waals surface area contributed by atoms with Gasteiger partial charge in [0.15, 0.2) is 0 Å². The van der Waals surface area contributed by atoms with Gasteiger partial charge in [0.1, 0.15) is 5.75 Å². The third-order valence-electron chi connectivity index (χ3n) is 8.46. The maximum absolute atomic E-state index is 13.7. The number of alkyl halides is 6. The van der Waals surface area contributed by atoms with E-state index in [-0.39, 0.29) is 36.8 Å². The van der Waals surface area contributed by atoms with Crippen LogP contribution in [0, 0.1) is 17.8 Å². The van der Waals surface area contributed by atoms with Crippen molar-refractivity contribution in [2.75, 3.05) is 25.2 Å². The molecule has 1 saturated heterocycles. The van der Waals surface area contributed by atoms with Crippen molar-refractivity contribution in [3.63, 3.8) is 0 Å². The SMILES string of the molecule is CCC/C(=C\c1ccc(O)cc1)CC[C@@H](O)C1=C(COC)C[C@H]2C(=O)N(c3cc(C(F)(F)F)cc(C(F)(F)F)c3)C(=O)[C@H]2[C@H]1CO. The molecule has 1 aliphatic heterocycles. The zero-order valence-electron chi connectivity index (χ0n) is 25.2. The van der Waals surface area contributed by atoms with E-state index in [0.717, 1.165) is 17.6 Å². The molecule has 0 aromatic heterocycles. The van der Waals surface area contributed by atoms with Crippen molar-refractivity contribution < 1.29 is 56.0 Å². The zero-order valence-corrected chi connectivity index (χ0v) is 25.2. The molecule has 2 aliphatic rings. The Balaban J connectivity index is 1.67. The fraction of sp³-hybridized carbons (Fsp3) is 0.455. The fourth-order valence-corrected chi connectivity index (χ4v) is 6.46. The van der Waals surface area contributed by atoms with Crippen molar-refractivity contribution in [1.82, 2.24) is 0 Å². The highest BCUT2D eigenvalue weighted by Crippen LogP contribution is 2.48. The summed E-state index contributed by atoms with van der Waals surface area (Å²) in [7, 11) is 1.37. The van der Waals surface area contributed by atoms with E-state index >= 15 is 0 Å². The van der Waals surface area contributed by atoms with E-state index in [1.54, 1.807) is 24.3 Å². The van der Waals surface area contributed by atoms with E-state index in [1.165, 1.54) is 7.11 Å². The van der Waals surface area contributed by atoms with Crippen LogP contribution < -0.4 is 4.90 Å². The number of amides is 2. The summed E-state index contributed by atoms with van der Waals surface area (Å²) in [5, 5.41) is 31.5. The van der Waals surface area contributed by atoms with Crippen LogP contribution in [0.25, 0.3) is 6.08 Å². The summed E-state index contributed by atoms with van der Waals surface area (Å²) in [5.41, 5.74) is -1.71. The lowest BCUT2D eigenvalue weighted by Gasteiger charge is -2.36. The van der Waals surface area contributed by atoms with Crippen molar-refractivity contribution in [1.29, 1.82) is 0 Å². The highest BCUT2D eigenvalue weighted by molar-refractivity contribution is 6.22. The first kappa shape index (κ1) is 35.2. The number of ether oxygens (including phenoxy) is 1. The maximum Gasteiger partial charge on any atom is 0.416 e. The van der Waals surface area contributed by atoms with E-state index < -0.39 is 71.4 Å². The van der Waals surface area contributed by atoms with Gasteiger partial charge in [0.05, 0.1) is 48.0 Å². The third-order valence-corrected chi connectivity index (χ3v) is 8.46. The molecule has 0 unspecified atom stereocenters. The molecule has 46 heavy (non-hydrogen) atoms. The number of rotatable bonds is 11. The lowest BCUT2D eigenvalue weighted by molar-refractivity contribution is -0.143. The molecule has 250 valence electrons. The summed E-state index contributed by atoms with van der Waals surface area (Å²) in [6, 6.07) is 7.12. The molecule has 2 aromatic rings. The molecule has 4 rings (SSSR count). The third kappa shape index (κ3) is 7.48. The molecule has 0 spiro atoms. The van der Waals surface area contributed by atoms with E-state index in [1.807, 2.05) is 13.0 Å². The Bertz CT molecular complexity index is 1470. The number of imide groups is 1. The molecule has 0 bridgehead atoms. The average molecular weight is 656 g/mol. The number of fused-ring (bicyclic) bond motifs is 1. The van der Waals surface area contributed by atoms with E-state index in [2.05, 4.69) is 0 Å². The zero-order chi connectivity index (χ0) is 34.0. The highest BCUT2D eigenvalue weighted by atomic mass is 19.4. The molecule has 1 heterocycles. The minimum atomic E-state index is -5.19. The summed E-state index contributed by atoms with van der Waals surface area (Å²) in [6.45, 7) is 1.19. The fourth-order valence-electron chi connectivity index (χ4n) is 6.46. The molecule has 7 nitrogen and oxygen atoms in total. The average Bonchev–Trinajstić information content (AvgIpc) is 3.24. The van der Waals surface area contributed by atoms with Crippen molar-refractivity contribution in [3.05, 3.63) is 75.9 Å². The Kier molecular flexibility index (Phi) is 10.7. The summed E-state index contributed by atoms with van der Waals surface area (Å²) in [4.78, 5) is 27.6. The Morgan fingerprint density at radius 3 is 2.13 bits per heavy atom. The maximum atomic E-state index is 13.7. The molecular formula is C33H35F6NO6. The Labute approximate surface area is 261 Å². The number of methoxy groups -OCH3 is 1. The van der Waals surface area contributed by atoms with Crippen LogP contribution in [-0.4, -0.2) is 53.6 Å². The Hall–Kier alpha value is -3.68. The van der Waals surface area contributed by atoms with Crippen molar-refractivity contribution in [3.8, 4) is 5.75 Å². The Morgan fingerprint density at radius 1 is 1.00 bits per heavy atom. The molecule has 1 aliphatic carbocycles. The van der Waals surface area contributed by atoms with Gasteiger partial charge in [-0.1, -0.05) is 37.1 Å². The second-order valence-electron chi connectivity index (χ2n) is 11.6. The first-order chi connectivity index (χ1) is 21.6. The van der Waals surface area contributed by atoms with E-state index in [4.69, 9.17) is 4.74 Å². The number of hydrogen-bond acceptors (Lipinski definition) is 6. The Morgan fingerprint density at radius 2 is 1.61 bits per heavy atom. The molecule has 0 radical (unpaired) electrons. The first-order valence-electron chi connectivity index (χ1n) is 14.8. The number of hydrogen-bond donors (Lipinski definition) is 3. The standard InChI is InChI=1S/C33H35F6NO6/c1-3-4-18(11-19-5-8-24(42)9-6-19)7-10-27(43)28-20(17-46-2)12-25-29(26(28)16-41)31(45)40(30(25)44)23-14-21(32(34,35)36)13-22(15-23)33(37,38)39/h5-6,8-9,11,13-15,25-27,29,41-43H,3-4,7,10,12,16-17H2,1-2H3/b18-11+/t25-,26+,27-,29-/m1/s1. The molecule has 3 N–H and O–H groups in total. The quantitative estimate of drug-likeness (QED) is 0.145. The van der Waals surface area contributed by atoms with Gasteiger partial charge in [0.25, 0.3) is 0 Å². The van der Waals surface area contributed by atoms with E-state index in [9.17, 15) is 51.3 Å². The summed E-state index contributed by atoms with van der Waals surface area (Å²) < 4.78 is 86.7. The van der Waals surface area contributed by atoms with Crippen LogP contribution in [0.4, 0.5) is 32.0 Å². The number of aliphatic hydroxyl groups excluding tert-OH is 2. The van der Waals surface area contributed by atoms with Crippen LogP contribution in [0.3, 0.4) is 0 Å². The van der Waals surface area contributed by atoms with Crippen LogP contribution in [0.2, 0.25) is 0 Å². The number of aromatic hydroxyl groups is 1. The number of carbonyl (C=O) groups is 2. The monoisotopic (exact) mass is 655 g/mol. The van der Waals surface area contributed by atoms with Gasteiger partial charge in [-0.05, 0) is 72.7 Å². The number of aliphatic hydroxyl groups is 2. The summed E-state index contributed by atoms with van der Waals surface area (Å²) >= 11 is 0. The lowest BCUT2D eigenvalue weighted by Crippen LogP contribution is -2.39. The first-order valence-corrected chi connectivity index (χ1v) is 14.8. The van der Waals surface area contributed by atoms with Crippen molar-refractivity contribution in [2.24, 2.45) is 17.8 Å². The second-order valence-corrected chi connectivity index (χ2v) is 11.6. The summed E-state index contributed by atoms with van der Waals surface area (Å²) in [5.74, 6) is -5.59. The van der Waals surface area contributed by atoms with Gasteiger partial charge >= 0.3 is 12.4 Å². The number of benzene rings is 2. The molecule has 2 aromatic carbocycles. The molecular weight excluding hydrogens is 620 g/mol. The normalized spacial score (nSPS) is 21.7. The topological polar surface area (TPSA) is 107 Å². The molecule has 4 atom stereocenters. The largest absolute Gasteiger partial charge is 0.508 e. The van der Waals surface area contributed by atoms with Gasteiger partial charge in [0.2, 0.25) is 11.8 Å². The van der Waals surface area contributed by atoms with Crippen LogP contribution in [-0.2, 0) is 26.7 Å². The van der Waals surface area contributed by atoms with Crippen molar-refractivity contribution in [2.45, 2.75) is 57.5 Å². The summed E-state index contributed by atoms with van der Waals surface area (Å²) in [6.07, 6.45) is -7.72. The number of allylic oxidation sites excluding steroid dienone is 1.